The predicted molar refractivity (Wildman–Crippen MR) is 120 cm³/mol. The van der Waals surface area contributed by atoms with Gasteiger partial charge in [-0.1, -0.05) is 11.6 Å². The van der Waals surface area contributed by atoms with Crippen LogP contribution in [-0.2, 0) is 6.54 Å². The molecule has 162 valence electrons. The van der Waals surface area contributed by atoms with Crippen molar-refractivity contribution in [1.29, 1.82) is 0 Å². The van der Waals surface area contributed by atoms with E-state index in [1.54, 1.807) is 0 Å². The van der Waals surface area contributed by atoms with Crippen molar-refractivity contribution in [2.45, 2.75) is 32.4 Å². The molecule has 7 heteroatoms. The highest BCUT2D eigenvalue weighted by molar-refractivity contribution is 6.30. The minimum atomic E-state index is -0.565. The number of piperazine rings is 1. The Morgan fingerprint density at radius 1 is 1.03 bits per heavy atom. The quantitative estimate of drug-likeness (QED) is 0.764. The van der Waals surface area contributed by atoms with Gasteiger partial charge in [-0.2, -0.15) is 0 Å². The van der Waals surface area contributed by atoms with Crippen LogP contribution in [0.25, 0.3) is 0 Å². The molecule has 2 aliphatic heterocycles. The van der Waals surface area contributed by atoms with Crippen LogP contribution in [0.2, 0.25) is 5.02 Å². The van der Waals surface area contributed by atoms with Crippen molar-refractivity contribution in [2.24, 2.45) is 0 Å². The van der Waals surface area contributed by atoms with E-state index in [4.69, 9.17) is 11.6 Å². The Morgan fingerprint density at radius 2 is 1.77 bits per heavy atom. The zero-order valence-corrected chi connectivity index (χ0v) is 18.4. The van der Waals surface area contributed by atoms with E-state index in [1.807, 2.05) is 40.8 Å². The summed E-state index contributed by atoms with van der Waals surface area (Å²) < 4.78 is 1.99. The third kappa shape index (κ3) is 4.51. The first-order chi connectivity index (χ1) is 14.6. The van der Waals surface area contributed by atoms with E-state index < -0.39 is 6.10 Å². The van der Waals surface area contributed by atoms with Crippen molar-refractivity contribution in [1.82, 2.24) is 14.4 Å². The Morgan fingerprint density at radius 3 is 2.47 bits per heavy atom. The van der Waals surface area contributed by atoms with E-state index >= 15 is 0 Å². The van der Waals surface area contributed by atoms with E-state index in [9.17, 15) is 9.90 Å². The van der Waals surface area contributed by atoms with Gasteiger partial charge in [-0.3, -0.25) is 9.69 Å². The first-order valence-corrected chi connectivity index (χ1v) is 11.3. The van der Waals surface area contributed by atoms with Crippen molar-refractivity contribution in [3.05, 3.63) is 52.8 Å². The molecule has 1 aromatic heterocycles. The SMILES string of the molecule is CCn1ccc2c1C(O)CCN(CCCN1CCN(c3ccc(Cl)cc3)CC1)C2=O. The van der Waals surface area contributed by atoms with Gasteiger partial charge in [0.25, 0.3) is 5.91 Å². The number of aliphatic hydroxyl groups is 1. The average molecular weight is 431 g/mol. The third-order valence-electron chi connectivity index (χ3n) is 6.32. The monoisotopic (exact) mass is 430 g/mol. The smallest absolute Gasteiger partial charge is 0.255 e. The van der Waals surface area contributed by atoms with E-state index in [2.05, 4.69) is 21.9 Å². The summed E-state index contributed by atoms with van der Waals surface area (Å²) >= 11 is 5.99. The Kier molecular flexibility index (Phi) is 6.66. The number of benzene rings is 1. The van der Waals surface area contributed by atoms with Gasteiger partial charge in [-0.25, -0.2) is 0 Å². The number of anilines is 1. The number of hydrogen-bond donors (Lipinski definition) is 1. The van der Waals surface area contributed by atoms with E-state index in [-0.39, 0.29) is 5.91 Å². The number of fused-ring (bicyclic) bond motifs is 1. The van der Waals surface area contributed by atoms with Crippen LogP contribution in [0, 0.1) is 0 Å². The van der Waals surface area contributed by atoms with E-state index in [0.717, 1.165) is 63.0 Å². The summed E-state index contributed by atoms with van der Waals surface area (Å²) in [5.74, 6) is 0.0568. The Balaban J connectivity index is 1.27. The van der Waals surface area contributed by atoms with Crippen LogP contribution in [0.3, 0.4) is 0 Å². The summed E-state index contributed by atoms with van der Waals surface area (Å²) in [6.07, 6.45) is 2.90. The molecule has 0 saturated carbocycles. The molecular weight excluding hydrogens is 400 g/mol. The molecule has 3 heterocycles. The lowest BCUT2D eigenvalue weighted by Gasteiger charge is -2.36. The number of halogens is 1. The number of aryl methyl sites for hydroxylation is 1. The van der Waals surface area contributed by atoms with Crippen LogP contribution in [0.4, 0.5) is 5.69 Å². The summed E-state index contributed by atoms with van der Waals surface area (Å²) in [5, 5.41) is 11.3. The minimum Gasteiger partial charge on any atom is -0.387 e. The van der Waals surface area contributed by atoms with E-state index in [1.165, 1.54) is 5.69 Å². The van der Waals surface area contributed by atoms with Gasteiger partial charge in [0.1, 0.15) is 0 Å². The summed E-state index contributed by atoms with van der Waals surface area (Å²) in [4.78, 5) is 19.8. The van der Waals surface area contributed by atoms with Crippen molar-refractivity contribution in [3.63, 3.8) is 0 Å². The molecule has 1 saturated heterocycles. The fourth-order valence-electron chi connectivity index (χ4n) is 4.58. The van der Waals surface area contributed by atoms with Crippen molar-refractivity contribution < 1.29 is 9.90 Å². The molecular formula is C23H31ClN4O2. The third-order valence-corrected chi connectivity index (χ3v) is 6.57. The molecule has 1 amide bonds. The van der Waals surface area contributed by atoms with Crippen molar-refractivity contribution in [3.8, 4) is 0 Å². The highest BCUT2D eigenvalue weighted by atomic mass is 35.5. The average Bonchev–Trinajstić information content (AvgIpc) is 3.16. The highest BCUT2D eigenvalue weighted by Gasteiger charge is 2.29. The maximum atomic E-state index is 13.0. The Labute approximate surface area is 183 Å². The second kappa shape index (κ2) is 9.41. The largest absolute Gasteiger partial charge is 0.387 e. The second-order valence-corrected chi connectivity index (χ2v) is 8.59. The summed E-state index contributed by atoms with van der Waals surface area (Å²) in [6, 6.07) is 9.91. The predicted octanol–water partition coefficient (Wildman–Crippen LogP) is 3.25. The molecule has 1 unspecified atom stereocenters. The number of carbonyl (C=O) groups excluding carboxylic acids is 1. The van der Waals surface area contributed by atoms with Crippen LogP contribution in [-0.4, -0.2) is 71.2 Å². The first kappa shape index (κ1) is 21.2. The molecule has 1 N–H and O–H groups in total. The van der Waals surface area contributed by atoms with E-state index in [0.29, 0.717) is 18.5 Å². The maximum Gasteiger partial charge on any atom is 0.255 e. The number of rotatable bonds is 6. The number of amides is 1. The van der Waals surface area contributed by atoms with Gasteiger partial charge in [0, 0.05) is 62.7 Å². The number of nitrogens with zero attached hydrogens (tertiary/aromatic N) is 4. The standard InChI is InChI=1S/C23H31ClN4O2/c1-2-26-12-8-20-22(26)21(29)9-13-28(23(20)30)11-3-10-25-14-16-27(17-15-25)19-6-4-18(24)5-7-19/h4-8,12,21,29H,2-3,9-11,13-17H2,1H3. The summed E-state index contributed by atoms with van der Waals surface area (Å²) in [5.41, 5.74) is 2.67. The van der Waals surface area contributed by atoms with Crippen LogP contribution in [0.5, 0.6) is 0 Å². The molecule has 2 aliphatic rings. The Bertz CT molecular complexity index is 859. The molecule has 0 spiro atoms. The molecule has 0 aliphatic carbocycles. The van der Waals surface area contributed by atoms with Crippen LogP contribution in [0.1, 0.15) is 41.9 Å². The van der Waals surface area contributed by atoms with Crippen molar-refractivity contribution in [2.75, 3.05) is 50.7 Å². The van der Waals surface area contributed by atoms with Gasteiger partial charge in [0.05, 0.1) is 17.4 Å². The zero-order chi connectivity index (χ0) is 21.1. The van der Waals surface area contributed by atoms with Gasteiger partial charge < -0.3 is 19.5 Å². The second-order valence-electron chi connectivity index (χ2n) is 8.16. The highest BCUT2D eigenvalue weighted by Crippen LogP contribution is 2.28. The van der Waals surface area contributed by atoms with Crippen LogP contribution >= 0.6 is 11.6 Å². The van der Waals surface area contributed by atoms with Crippen molar-refractivity contribution >= 4 is 23.2 Å². The molecule has 1 atom stereocenters. The normalized spacial score (nSPS) is 20.4. The molecule has 2 aromatic rings. The fraction of sp³-hybridized carbons (Fsp3) is 0.522. The first-order valence-electron chi connectivity index (χ1n) is 11.0. The number of hydrogen-bond acceptors (Lipinski definition) is 4. The molecule has 4 rings (SSSR count). The number of aliphatic hydroxyl groups excluding tert-OH is 1. The van der Waals surface area contributed by atoms with Gasteiger partial charge in [-0.05, 0) is 56.6 Å². The lowest BCUT2D eigenvalue weighted by atomic mass is 10.1. The number of carbonyl (C=O) groups is 1. The van der Waals surface area contributed by atoms with Gasteiger partial charge in [0.15, 0.2) is 0 Å². The molecule has 0 bridgehead atoms. The topological polar surface area (TPSA) is 52.0 Å². The zero-order valence-electron chi connectivity index (χ0n) is 17.6. The van der Waals surface area contributed by atoms with Crippen LogP contribution in [0.15, 0.2) is 36.5 Å². The summed E-state index contributed by atoms with van der Waals surface area (Å²) in [6.45, 7) is 9.20. The fourth-order valence-corrected chi connectivity index (χ4v) is 4.71. The Hall–Kier alpha value is -2.02. The number of aromatic nitrogens is 1. The van der Waals surface area contributed by atoms with Crippen LogP contribution < -0.4 is 4.90 Å². The minimum absolute atomic E-state index is 0.0568. The molecule has 1 aromatic carbocycles. The van der Waals surface area contributed by atoms with Gasteiger partial charge in [0.2, 0.25) is 0 Å². The molecule has 1 fully saturated rings. The molecule has 6 nitrogen and oxygen atoms in total. The van der Waals surface area contributed by atoms with Gasteiger partial charge >= 0.3 is 0 Å². The molecule has 30 heavy (non-hydrogen) atoms. The lowest BCUT2D eigenvalue weighted by Crippen LogP contribution is -2.47. The molecule has 0 radical (unpaired) electrons. The summed E-state index contributed by atoms with van der Waals surface area (Å²) in [7, 11) is 0. The lowest BCUT2D eigenvalue weighted by molar-refractivity contribution is 0.0738. The van der Waals surface area contributed by atoms with Gasteiger partial charge in [-0.15, -0.1) is 0 Å². The maximum absolute atomic E-state index is 13.0.